The zero-order chi connectivity index (χ0) is 86.8. The van der Waals surface area contributed by atoms with Crippen molar-refractivity contribution in [3.63, 3.8) is 0 Å². The molecule has 0 aliphatic carbocycles. The molecule has 27 N–H and O–H groups in total. The van der Waals surface area contributed by atoms with Gasteiger partial charge in [-0.15, -0.1) is 0 Å². The first-order valence-electron chi connectivity index (χ1n) is 39.9. The molecular weight excluding hydrogens is 1520 g/mol. The van der Waals surface area contributed by atoms with E-state index in [1.54, 1.807) is 46.4 Å². The quantitative estimate of drug-likeness (QED) is 0.0175. The third kappa shape index (κ3) is 32.6. The van der Waals surface area contributed by atoms with Crippen LogP contribution in [0.5, 0.6) is 11.5 Å². The van der Waals surface area contributed by atoms with Crippen LogP contribution in [0.4, 0.5) is 0 Å². The number of likely N-dealkylation sites (tertiary alicyclic amines) is 2. The molecule has 2 aromatic rings. The summed E-state index contributed by atoms with van der Waals surface area (Å²) in [7, 11) is 0. The van der Waals surface area contributed by atoms with Gasteiger partial charge in [-0.25, -0.2) is 4.79 Å². The Bertz CT molecular complexity index is 3800. The Morgan fingerprint density at radius 1 is 0.504 bits per heavy atom. The van der Waals surface area contributed by atoms with E-state index in [4.69, 9.17) is 34.4 Å². The number of carbonyl (C=O) groups is 15. The largest absolute Gasteiger partial charge is 0.508 e. The molecule has 3 saturated heterocycles. The highest BCUT2D eigenvalue weighted by atomic mass is 16.4. The minimum absolute atomic E-state index is 0.00771. The topological polar surface area (TPSA) is 657 Å². The summed E-state index contributed by atoms with van der Waals surface area (Å²) in [5, 5.41) is 69.3. The van der Waals surface area contributed by atoms with Gasteiger partial charge < -0.3 is 118 Å². The van der Waals surface area contributed by atoms with Crippen LogP contribution < -0.4 is 92.9 Å². The number of unbranched alkanes of at least 4 members (excludes halogenated alkanes) is 1. The highest BCUT2D eigenvalue weighted by Crippen LogP contribution is 2.26. The molecule has 40 nitrogen and oxygen atoms in total. The van der Waals surface area contributed by atoms with Crippen LogP contribution in [0.15, 0.2) is 58.5 Å². The van der Waals surface area contributed by atoms with E-state index in [0.29, 0.717) is 36.8 Å². The number of rotatable bonds is 50. The van der Waals surface area contributed by atoms with Crippen molar-refractivity contribution in [1.82, 2.24) is 68.3 Å². The molecule has 0 bridgehead atoms. The lowest BCUT2D eigenvalue weighted by atomic mass is 9.96. The molecule has 0 spiro atoms. The summed E-state index contributed by atoms with van der Waals surface area (Å²) in [5.41, 5.74) is 35.2. The lowest BCUT2D eigenvalue weighted by molar-refractivity contribution is -0.143. The van der Waals surface area contributed by atoms with E-state index in [-0.39, 0.29) is 164 Å². The summed E-state index contributed by atoms with van der Waals surface area (Å²) in [4.78, 5) is 220. The maximum absolute atomic E-state index is 15.2. The van der Waals surface area contributed by atoms with Crippen molar-refractivity contribution >= 4 is 101 Å². The Hall–Kier alpha value is -11.5. The van der Waals surface area contributed by atoms with Crippen LogP contribution in [-0.2, 0) is 84.8 Å². The van der Waals surface area contributed by atoms with Crippen LogP contribution in [-0.4, -0.2) is 242 Å². The number of nitrogens with two attached hydrogens (primary N) is 6. The molecule has 13 amide bonds. The van der Waals surface area contributed by atoms with Crippen molar-refractivity contribution < 1.29 is 92.3 Å². The van der Waals surface area contributed by atoms with Crippen LogP contribution >= 0.6 is 0 Å². The number of phenols is 2. The zero-order valence-electron chi connectivity index (χ0n) is 67.4. The van der Waals surface area contributed by atoms with Crippen LogP contribution in [0.3, 0.4) is 0 Å². The number of phenolic OH excluding ortho intramolecular Hbond substituents is 2. The number of aliphatic carboxylic acids is 2. The van der Waals surface area contributed by atoms with Crippen molar-refractivity contribution in [2.75, 3.05) is 32.7 Å². The van der Waals surface area contributed by atoms with E-state index in [1.165, 1.54) is 53.4 Å². The first-order valence-corrected chi connectivity index (χ1v) is 39.9. The molecule has 5 rings (SSSR count). The van der Waals surface area contributed by atoms with Crippen molar-refractivity contribution in [3.8, 4) is 11.5 Å². The van der Waals surface area contributed by atoms with Gasteiger partial charge in [0.15, 0.2) is 11.9 Å². The molecule has 3 aliphatic heterocycles. The molecule has 0 radical (unpaired) electrons. The number of carboxylic acids is 2. The lowest BCUT2D eigenvalue weighted by Gasteiger charge is -2.35. The van der Waals surface area contributed by atoms with E-state index in [0.717, 1.165) is 0 Å². The number of amides is 13. The third-order valence-corrected chi connectivity index (χ3v) is 20.3. The van der Waals surface area contributed by atoms with Crippen LogP contribution in [0, 0.1) is 17.8 Å². The Balaban J connectivity index is 1.42. The summed E-state index contributed by atoms with van der Waals surface area (Å²) >= 11 is 0. The molecule has 648 valence electrons. The zero-order valence-corrected chi connectivity index (χ0v) is 67.4. The number of aliphatic imine (C=N–C) groups is 2. The molecule has 0 unspecified atom stereocenters. The summed E-state index contributed by atoms with van der Waals surface area (Å²) in [6.45, 7) is 10.9. The molecular formula is C77H121N21O19. The van der Waals surface area contributed by atoms with E-state index < -0.39 is 187 Å². The monoisotopic (exact) mass is 1640 g/mol. The van der Waals surface area contributed by atoms with Gasteiger partial charge in [0.1, 0.15) is 78.0 Å². The first-order chi connectivity index (χ1) is 55.4. The van der Waals surface area contributed by atoms with Crippen molar-refractivity contribution in [2.45, 2.75) is 255 Å². The second-order valence-corrected chi connectivity index (χ2v) is 30.8. The molecule has 0 saturated carbocycles. The Kier molecular flexibility index (Phi) is 39.6. The Morgan fingerprint density at radius 2 is 0.966 bits per heavy atom. The third-order valence-electron chi connectivity index (χ3n) is 20.3. The normalized spacial score (nSPS) is 18.0. The number of carbonyl (C=O) groups excluding carboxylic acids is 13. The predicted octanol–water partition coefficient (Wildman–Crippen LogP) is -3.38. The van der Waals surface area contributed by atoms with Crippen LogP contribution in [0.1, 0.15) is 175 Å². The number of hydrogen-bond donors (Lipinski definition) is 21. The van der Waals surface area contributed by atoms with Gasteiger partial charge in [0.05, 0.1) is 18.6 Å². The summed E-state index contributed by atoms with van der Waals surface area (Å²) in [6.07, 6.45) is -1.35. The average molecular weight is 1640 g/mol. The lowest BCUT2D eigenvalue weighted by Crippen LogP contribution is -2.61. The SMILES string of the molecule is CC[C@H](C)[C@H](NC(=O)[C@H](Cc1ccc(O)cc1)NC(=O)[C@@H]1CCCN1C(=O)[C@H](CCCN=C(N)N)NC(=O)[C@H](CCCN=C(N)N)NC(=O)[C@@H]1CCCN1[C@H](CCCCN)NC(=O)[C@H](CC(N)=O)NC(=O)[C@H](CCC(=O)O)NC(=O)[C@H](Cc1ccc(O)cc1)NC(=O)[C@H](CC(C)C)NC(=O)[C@@H]1CCC(=O)N1)C(=O)N[C@@H](CC(C)C)C(=O)O. The highest BCUT2D eigenvalue weighted by Gasteiger charge is 2.44. The first kappa shape index (κ1) is 96.1. The fourth-order valence-electron chi connectivity index (χ4n) is 14.0. The highest BCUT2D eigenvalue weighted by molar-refractivity contribution is 6.00. The predicted molar refractivity (Wildman–Crippen MR) is 428 cm³/mol. The van der Waals surface area contributed by atoms with Crippen molar-refractivity contribution in [3.05, 3.63) is 59.7 Å². The van der Waals surface area contributed by atoms with Gasteiger partial charge in [-0.3, -0.25) is 82.0 Å². The van der Waals surface area contributed by atoms with E-state index in [1.807, 2.05) is 0 Å². The molecule has 40 heteroatoms. The number of carboxylic acid groups (broad SMARTS) is 2. The second kappa shape index (κ2) is 48.2. The molecule has 3 aliphatic rings. The molecule has 3 fully saturated rings. The minimum atomic E-state index is -1.83. The van der Waals surface area contributed by atoms with E-state index in [9.17, 15) is 78.0 Å². The number of aromatic hydroxyl groups is 2. The van der Waals surface area contributed by atoms with Gasteiger partial charge in [0.25, 0.3) is 0 Å². The summed E-state index contributed by atoms with van der Waals surface area (Å²) < 4.78 is 0. The van der Waals surface area contributed by atoms with Crippen LogP contribution in [0.25, 0.3) is 0 Å². The number of guanidine groups is 2. The number of nitrogens with one attached hydrogen (secondary N) is 11. The van der Waals surface area contributed by atoms with Crippen molar-refractivity contribution in [2.24, 2.45) is 62.1 Å². The van der Waals surface area contributed by atoms with Gasteiger partial charge >= 0.3 is 11.9 Å². The smallest absolute Gasteiger partial charge is 0.326 e. The van der Waals surface area contributed by atoms with Gasteiger partial charge in [0.2, 0.25) is 76.8 Å². The fourth-order valence-corrected chi connectivity index (χ4v) is 14.0. The summed E-state index contributed by atoms with van der Waals surface area (Å²) in [6, 6.07) is -5.20. The maximum atomic E-state index is 15.2. The number of primary amides is 1. The second-order valence-electron chi connectivity index (χ2n) is 30.8. The number of benzene rings is 2. The number of hydrogen-bond acceptors (Lipinski definition) is 21. The minimum Gasteiger partial charge on any atom is -0.508 e. The van der Waals surface area contributed by atoms with Gasteiger partial charge in [-0.1, -0.05) is 72.2 Å². The van der Waals surface area contributed by atoms with E-state index >= 15 is 14.4 Å². The van der Waals surface area contributed by atoms with Gasteiger partial charge in [-0.2, -0.15) is 0 Å². The van der Waals surface area contributed by atoms with Crippen molar-refractivity contribution in [1.29, 1.82) is 0 Å². The molecule has 3 heterocycles. The Morgan fingerprint density at radius 3 is 1.50 bits per heavy atom. The Labute approximate surface area is 679 Å². The molecule has 117 heavy (non-hydrogen) atoms. The standard InChI is InChI=1S/C77H121N21O19/c1-7-43(6)63(73(114)94-56(75(116)117)37-42(4)5)96-70(111)54(39-45-21-25-47(100)26-22-45)93-72(113)58-17-13-35-98(58)74(115)51(15-11-33-85-77(82)83)89-64(105)48(14-10-32-84-76(80)81)88-71(112)57-16-12-34-97(57)60(18-8-9-31-78)95-69(110)55(40-59(79)101)92-66(107)50(28-30-62(103)104)87-68(109)53(38-44-19-23-46(99)24-20-44)91-67(108)52(36-41(2)3)90-65(106)49-27-29-61(102)86-49/h19-26,41-43,48-58,60,63,99-100H,7-18,27-40,78H2,1-6H3,(H2,79,101)(H,86,102)(H,87,109)(H,88,112)(H,89,105)(H,90,106)(H,91,108)(H,92,107)(H,93,113)(H,94,114)(H,95,110)(H,96,111)(H,103,104)(H,116,117)(H4,80,81,84)(H4,82,83,85)/t43-,48-,49-,50-,51-,52-,53-,54-,55-,56-,57-,58-,60+,63-/m0/s1. The fraction of sp³-hybridized carbons (Fsp3) is 0.623. The maximum Gasteiger partial charge on any atom is 0.326 e. The molecule has 2 aromatic carbocycles. The molecule has 14 atom stereocenters. The van der Waals surface area contributed by atoms with Gasteiger partial charge in [0, 0.05) is 51.9 Å². The van der Waals surface area contributed by atoms with Gasteiger partial charge in [-0.05, 0) is 156 Å². The van der Waals surface area contributed by atoms with Crippen LogP contribution in [0.2, 0.25) is 0 Å². The van der Waals surface area contributed by atoms with E-state index in [2.05, 4.69) is 68.5 Å². The average Bonchev–Trinajstić information content (AvgIpc) is 1.74. The molecule has 0 aromatic heterocycles. The summed E-state index contributed by atoms with van der Waals surface area (Å²) in [5.74, 6) is -15.2. The number of nitrogens with zero attached hydrogens (tertiary/aromatic N) is 4.